The van der Waals surface area contributed by atoms with Gasteiger partial charge in [0.25, 0.3) is 5.56 Å². The summed E-state index contributed by atoms with van der Waals surface area (Å²) in [6.45, 7) is 4.58. The summed E-state index contributed by atoms with van der Waals surface area (Å²) in [5.41, 5.74) is 4.69. The van der Waals surface area contributed by atoms with Gasteiger partial charge in [0.2, 0.25) is 5.91 Å². The fourth-order valence-corrected chi connectivity index (χ4v) is 3.43. The molecule has 146 valence electrons. The van der Waals surface area contributed by atoms with Gasteiger partial charge in [-0.15, -0.1) is 0 Å². The Balaban J connectivity index is 1.57. The number of fused-ring (bicyclic) bond motifs is 1. The molecule has 0 atom stereocenters. The maximum absolute atomic E-state index is 12.3. The van der Waals surface area contributed by atoms with Crippen LogP contribution in [0.1, 0.15) is 28.7 Å². The number of hydrogen-bond acceptors (Lipinski definition) is 3. The molecular weight excluding hydrogens is 352 g/mol. The first-order valence-corrected chi connectivity index (χ1v) is 9.49. The van der Waals surface area contributed by atoms with Crippen LogP contribution in [0.25, 0.3) is 10.9 Å². The highest BCUT2D eigenvalue weighted by Gasteiger charge is 2.08. The van der Waals surface area contributed by atoms with E-state index in [1.54, 1.807) is 7.11 Å². The Kier molecular flexibility index (Phi) is 6.14. The smallest absolute Gasteiger partial charge is 0.251 e. The molecule has 5 nitrogen and oxygen atoms in total. The number of nitrogens with one attached hydrogen (secondary N) is 2. The van der Waals surface area contributed by atoms with Crippen molar-refractivity contribution in [2.75, 3.05) is 13.7 Å². The molecule has 0 spiro atoms. The van der Waals surface area contributed by atoms with E-state index in [1.165, 1.54) is 0 Å². The van der Waals surface area contributed by atoms with Gasteiger partial charge in [0, 0.05) is 18.5 Å². The Morgan fingerprint density at radius 1 is 1.11 bits per heavy atom. The fraction of sp³-hybridized carbons (Fsp3) is 0.304. The van der Waals surface area contributed by atoms with Gasteiger partial charge < -0.3 is 15.0 Å². The van der Waals surface area contributed by atoms with Gasteiger partial charge in [-0.05, 0) is 67.5 Å². The van der Waals surface area contributed by atoms with Crippen LogP contribution >= 0.6 is 0 Å². The highest BCUT2D eigenvalue weighted by molar-refractivity contribution is 5.83. The summed E-state index contributed by atoms with van der Waals surface area (Å²) < 4.78 is 5.21. The first-order chi connectivity index (χ1) is 13.5. The lowest BCUT2D eigenvalue weighted by atomic mass is 10.0. The van der Waals surface area contributed by atoms with Crippen molar-refractivity contribution < 1.29 is 9.53 Å². The maximum atomic E-state index is 12.3. The van der Waals surface area contributed by atoms with Gasteiger partial charge in [0.15, 0.2) is 0 Å². The minimum Gasteiger partial charge on any atom is -0.497 e. The zero-order valence-corrected chi connectivity index (χ0v) is 16.6. The van der Waals surface area contributed by atoms with Crippen LogP contribution in [0.15, 0.2) is 47.3 Å². The van der Waals surface area contributed by atoms with Gasteiger partial charge in [-0.1, -0.05) is 23.8 Å². The van der Waals surface area contributed by atoms with E-state index >= 15 is 0 Å². The number of methoxy groups -OCH3 is 1. The Morgan fingerprint density at radius 2 is 1.93 bits per heavy atom. The van der Waals surface area contributed by atoms with Crippen molar-refractivity contribution in [3.63, 3.8) is 0 Å². The lowest BCUT2D eigenvalue weighted by Gasteiger charge is -2.08. The summed E-state index contributed by atoms with van der Waals surface area (Å²) >= 11 is 0. The molecule has 0 aliphatic carbocycles. The molecule has 0 saturated heterocycles. The second-order valence-electron chi connectivity index (χ2n) is 7.12. The van der Waals surface area contributed by atoms with Gasteiger partial charge in [0.1, 0.15) is 5.75 Å². The number of amides is 1. The average molecular weight is 378 g/mol. The number of H-pyrrole nitrogens is 1. The second kappa shape index (κ2) is 8.74. The van der Waals surface area contributed by atoms with Gasteiger partial charge in [-0.3, -0.25) is 9.59 Å². The van der Waals surface area contributed by atoms with Crippen molar-refractivity contribution in [1.82, 2.24) is 10.3 Å². The summed E-state index contributed by atoms with van der Waals surface area (Å²) in [5, 5.41) is 3.93. The first kappa shape index (κ1) is 19.7. The van der Waals surface area contributed by atoms with Crippen LogP contribution in [0.5, 0.6) is 5.75 Å². The summed E-state index contributed by atoms with van der Waals surface area (Å²) in [6, 6.07) is 13.8. The molecule has 1 aromatic heterocycles. The molecule has 1 heterocycles. The van der Waals surface area contributed by atoms with E-state index in [0.29, 0.717) is 18.5 Å². The van der Waals surface area contributed by atoms with E-state index in [9.17, 15) is 9.59 Å². The van der Waals surface area contributed by atoms with Crippen molar-refractivity contribution >= 4 is 16.8 Å². The fourth-order valence-electron chi connectivity index (χ4n) is 3.43. The normalized spacial score (nSPS) is 10.8. The molecule has 2 aromatic carbocycles. The third-order valence-corrected chi connectivity index (χ3v) is 4.86. The molecule has 1 amide bonds. The molecule has 0 bridgehead atoms. The van der Waals surface area contributed by atoms with Crippen molar-refractivity contribution in [3.8, 4) is 5.75 Å². The number of rotatable bonds is 7. The van der Waals surface area contributed by atoms with Crippen LogP contribution in [0.3, 0.4) is 0 Å². The van der Waals surface area contributed by atoms with Crippen molar-refractivity contribution in [3.05, 3.63) is 75.1 Å². The number of pyridine rings is 1. The largest absolute Gasteiger partial charge is 0.497 e. The quantitative estimate of drug-likeness (QED) is 0.662. The number of hydrogen-bond donors (Lipinski definition) is 2. The Labute approximate surface area is 164 Å². The van der Waals surface area contributed by atoms with Crippen molar-refractivity contribution in [2.24, 2.45) is 0 Å². The minimum atomic E-state index is -0.122. The molecule has 3 aromatic rings. The molecule has 0 aliphatic heterocycles. The van der Waals surface area contributed by atoms with E-state index in [0.717, 1.165) is 39.8 Å². The van der Waals surface area contributed by atoms with Crippen LogP contribution in [0, 0.1) is 13.8 Å². The number of benzene rings is 2. The van der Waals surface area contributed by atoms with Gasteiger partial charge >= 0.3 is 0 Å². The topological polar surface area (TPSA) is 71.2 Å². The molecule has 0 saturated carbocycles. The molecule has 3 rings (SSSR count). The van der Waals surface area contributed by atoms with Crippen molar-refractivity contribution in [2.45, 2.75) is 33.1 Å². The van der Waals surface area contributed by atoms with Crippen LogP contribution in [0.4, 0.5) is 0 Å². The number of aryl methyl sites for hydroxylation is 3. The second-order valence-corrected chi connectivity index (χ2v) is 7.12. The predicted molar refractivity (Wildman–Crippen MR) is 112 cm³/mol. The van der Waals surface area contributed by atoms with Gasteiger partial charge in [-0.2, -0.15) is 0 Å². The average Bonchev–Trinajstić information content (AvgIpc) is 2.67. The Hall–Kier alpha value is -3.08. The monoisotopic (exact) mass is 378 g/mol. The first-order valence-electron chi connectivity index (χ1n) is 9.49. The third kappa shape index (κ3) is 4.80. The molecule has 28 heavy (non-hydrogen) atoms. The summed E-state index contributed by atoms with van der Waals surface area (Å²) in [6.07, 6.45) is 1.44. The van der Waals surface area contributed by atoms with Crippen LogP contribution in [-0.2, 0) is 17.6 Å². The zero-order chi connectivity index (χ0) is 20.1. The van der Waals surface area contributed by atoms with E-state index < -0.39 is 0 Å². The van der Waals surface area contributed by atoms with Crippen molar-refractivity contribution in [1.29, 1.82) is 0 Å². The zero-order valence-electron chi connectivity index (χ0n) is 16.6. The van der Waals surface area contributed by atoms with Gasteiger partial charge in [-0.25, -0.2) is 0 Å². The molecule has 2 N–H and O–H groups in total. The number of ether oxygens (including phenoxy) is 1. The maximum Gasteiger partial charge on any atom is 0.251 e. The summed E-state index contributed by atoms with van der Waals surface area (Å²) in [4.78, 5) is 27.5. The number of carbonyl (C=O) groups excluding carboxylic acids is 1. The summed E-state index contributed by atoms with van der Waals surface area (Å²) in [5.74, 6) is 0.757. The number of carbonyl (C=O) groups is 1. The lowest BCUT2D eigenvalue weighted by Crippen LogP contribution is -2.26. The predicted octanol–water partition coefficient (Wildman–Crippen LogP) is 3.45. The lowest BCUT2D eigenvalue weighted by molar-refractivity contribution is -0.121. The standard InChI is InChI=1S/C23H26N2O3/c1-15-11-16(2)22-19(12-15)14-18(23(27)25-22)7-8-21(26)24-10-9-17-5-4-6-20(13-17)28-3/h4-6,11-14H,7-10H2,1-3H3,(H,24,26)(H,25,27). The van der Waals surface area contributed by atoms with Crippen LogP contribution in [0.2, 0.25) is 0 Å². The van der Waals surface area contributed by atoms with Crippen LogP contribution in [-0.4, -0.2) is 24.5 Å². The van der Waals surface area contributed by atoms with Gasteiger partial charge in [0.05, 0.1) is 12.6 Å². The summed E-state index contributed by atoms with van der Waals surface area (Å²) in [7, 11) is 1.64. The molecule has 0 aliphatic rings. The molecule has 0 radical (unpaired) electrons. The highest BCUT2D eigenvalue weighted by Crippen LogP contribution is 2.18. The Morgan fingerprint density at radius 3 is 2.71 bits per heavy atom. The highest BCUT2D eigenvalue weighted by atomic mass is 16.5. The van der Waals surface area contributed by atoms with E-state index in [1.807, 2.05) is 50.2 Å². The molecule has 0 unspecified atom stereocenters. The Bertz CT molecular complexity index is 1050. The SMILES string of the molecule is COc1cccc(CCNC(=O)CCc2cc3cc(C)cc(C)c3[nH]c2=O)c1. The number of aromatic nitrogens is 1. The minimum absolute atomic E-state index is 0.0529. The molecule has 0 fully saturated rings. The number of aromatic amines is 1. The third-order valence-electron chi connectivity index (χ3n) is 4.86. The molecule has 5 heteroatoms. The van der Waals surface area contributed by atoms with Crippen LogP contribution < -0.4 is 15.6 Å². The molecular formula is C23H26N2O3. The van der Waals surface area contributed by atoms with E-state index in [-0.39, 0.29) is 17.9 Å². The van der Waals surface area contributed by atoms with E-state index in [2.05, 4.69) is 16.4 Å². The van der Waals surface area contributed by atoms with E-state index in [4.69, 9.17) is 4.74 Å².